The number of benzene rings is 3. The van der Waals surface area contributed by atoms with Crippen molar-refractivity contribution in [1.29, 1.82) is 0 Å². The van der Waals surface area contributed by atoms with Crippen molar-refractivity contribution < 1.29 is 8.42 Å². The van der Waals surface area contributed by atoms with Gasteiger partial charge in [-0.2, -0.15) is 0 Å². The maximum absolute atomic E-state index is 13.4. The van der Waals surface area contributed by atoms with Gasteiger partial charge >= 0.3 is 0 Å². The topological polar surface area (TPSA) is 51.2 Å². The van der Waals surface area contributed by atoms with E-state index in [0.29, 0.717) is 10.9 Å². The fourth-order valence-corrected chi connectivity index (χ4v) is 5.46. The molecule has 3 aromatic carbocycles. The standard InChI is InChI=1S/C23H18O3S3/c1-27-17-11-7-15(8-12-17)21-22(24)19-5-3-4-6-20(19)28-23(21)16-9-13-18(14-10-16)29(2,25)26/h3-14H,1-2H3. The van der Waals surface area contributed by atoms with Gasteiger partial charge in [-0.05, 0) is 53.8 Å². The van der Waals surface area contributed by atoms with Crippen molar-refractivity contribution in [2.24, 2.45) is 0 Å². The summed E-state index contributed by atoms with van der Waals surface area (Å²) < 4.78 is 24.5. The summed E-state index contributed by atoms with van der Waals surface area (Å²) in [5.41, 5.74) is 2.32. The van der Waals surface area contributed by atoms with Crippen LogP contribution in [0.1, 0.15) is 0 Å². The van der Waals surface area contributed by atoms with Crippen molar-refractivity contribution >= 4 is 43.0 Å². The number of fused-ring (bicyclic) bond motifs is 1. The molecule has 0 radical (unpaired) electrons. The lowest BCUT2D eigenvalue weighted by Crippen LogP contribution is -2.06. The molecule has 0 spiro atoms. The van der Waals surface area contributed by atoms with E-state index < -0.39 is 9.84 Å². The van der Waals surface area contributed by atoms with Gasteiger partial charge in [0.1, 0.15) is 0 Å². The largest absolute Gasteiger partial charge is 0.288 e. The van der Waals surface area contributed by atoms with Gasteiger partial charge < -0.3 is 0 Å². The molecule has 4 aromatic rings. The van der Waals surface area contributed by atoms with Crippen LogP contribution in [0.4, 0.5) is 0 Å². The van der Waals surface area contributed by atoms with Gasteiger partial charge in [0.15, 0.2) is 15.3 Å². The molecule has 3 nitrogen and oxygen atoms in total. The van der Waals surface area contributed by atoms with Crippen molar-refractivity contribution in [2.75, 3.05) is 12.5 Å². The van der Waals surface area contributed by atoms with Crippen LogP contribution in [0.5, 0.6) is 0 Å². The number of thioether (sulfide) groups is 1. The fraction of sp³-hybridized carbons (Fsp3) is 0.0870. The van der Waals surface area contributed by atoms with Crippen LogP contribution < -0.4 is 5.43 Å². The van der Waals surface area contributed by atoms with Crippen molar-refractivity contribution in [3.63, 3.8) is 0 Å². The quantitative estimate of drug-likeness (QED) is 0.382. The Morgan fingerprint density at radius 2 is 1.45 bits per heavy atom. The van der Waals surface area contributed by atoms with Crippen LogP contribution in [0.25, 0.3) is 31.7 Å². The van der Waals surface area contributed by atoms with Crippen LogP contribution in [0.15, 0.2) is 87.4 Å². The van der Waals surface area contributed by atoms with E-state index in [1.165, 1.54) is 6.26 Å². The maximum Gasteiger partial charge on any atom is 0.196 e. The lowest BCUT2D eigenvalue weighted by Gasteiger charge is -2.12. The molecular formula is C23H18O3S3. The molecule has 0 fully saturated rings. The van der Waals surface area contributed by atoms with Gasteiger partial charge in [0.2, 0.25) is 0 Å². The highest BCUT2D eigenvalue weighted by Gasteiger charge is 2.17. The Morgan fingerprint density at radius 3 is 2.07 bits per heavy atom. The summed E-state index contributed by atoms with van der Waals surface area (Å²) in [6.45, 7) is 0. The van der Waals surface area contributed by atoms with Gasteiger partial charge in [-0.1, -0.05) is 36.4 Å². The molecule has 0 aliphatic rings. The average Bonchev–Trinajstić information content (AvgIpc) is 2.73. The molecule has 0 N–H and O–H groups in total. The summed E-state index contributed by atoms with van der Waals surface area (Å²) >= 11 is 3.20. The van der Waals surface area contributed by atoms with Crippen LogP contribution in [-0.2, 0) is 9.84 Å². The smallest absolute Gasteiger partial charge is 0.196 e. The second-order valence-electron chi connectivity index (χ2n) is 6.66. The van der Waals surface area contributed by atoms with Gasteiger partial charge in [-0.15, -0.1) is 23.1 Å². The molecule has 0 aliphatic heterocycles. The van der Waals surface area contributed by atoms with Crippen molar-refractivity contribution in [3.05, 3.63) is 83.0 Å². The third-order valence-corrected chi connectivity index (χ3v) is 7.81. The predicted molar refractivity (Wildman–Crippen MR) is 124 cm³/mol. The highest BCUT2D eigenvalue weighted by atomic mass is 32.2. The van der Waals surface area contributed by atoms with E-state index in [1.807, 2.05) is 54.8 Å². The van der Waals surface area contributed by atoms with Gasteiger partial charge in [0.05, 0.1) is 4.90 Å². The monoisotopic (exact) mass is 438 g/mol. The molecule has 146 valence electrons. The molecular weight excluding hydrogens is 420 g/mol. The molecule has 6 heteroatoms. The second kappa shape index (κ2) is 7.78. The van der Waals surface area contributed by atoms with E-state index in [-0.39, 0.29) is 10.3 Å². The Balaban J connectivity index is 2.00. The third-order valence-electron chi connectivity index (χ3n) is 4.72. The summed E-state index contributed by atoms with van der Waals surface area (Å²) in [4.78, 5) is 15.6. The summed E-state index contributed by atoms with van der Waals surface area (Å²) in [5, 5.41) is 0.693. The second-order valence-corrected chi connectivity index (χ2v) is 10.6. The van der Waals surface area contributed by atoms with Crippen LogP contribution in [0, 0.1) is 0 Å². The van der Waals surface area contributed by atoms with E-state index >= 15 is 0 Å². The SMILES string of the molecule is CSc1ccc(-c2c(-c3ccc(S(C)(=O)=O)cc3)sc3ccccc3c2=O)cc1. The Morgan fingerprint density at radius 1 is 0.828 bits per heavy atom. The Kier molecular flexibility index (Phi) is 5.34. The minimum Gasteiger partial charge on any atom is -0.288 e. The van der Waals surface area contributed by atoms with E-state index in [9.17, 15) is 13.2 Å². The summed E-state index contributed by atoms with van der Waals surface area (Å²) in [5.74, 6) is 0. The number of hydrogen-bond donors (Lipinski definition) is 0. The van der Waals surface area contributed by atoms with Crippen molar-refractivity contribution in [3.8, 4) is 21.6 Å². The van der Waals surface area contributed by atoms with E-state index in [1.54, 1.807) is 47.4 Å². The highest BCUT2D eigenvalue weighted by Crippen LogP contribution is 2.37. The average molecular weight is 439 g/mol. The van der Waals surface area contributed by atoms with E-state index in [0.717, 1.165) is 25.6 Å². The first-order chi connectivity index (χ1) is 13.9. The van der Waals surface area contributed by atoms with Gasteiger partial charge in [-0.25, -0.2) is 8.42 Å². The summed E-state index contributed by atoms with van der Waals surface area (Å²) in [6.07, 6.45) is 3.20. The molecule has 4 rings (SSSR count). The maximum atomic E-state index is 13.4. The zero-order valence-electron chi connectivity index (χ0n) is 15.9. The number of rotatable bonds is 4. The zero-order chi connectivity index (χ0) is 20.6. The minimum absolute atomic E-state index is 0.0153. The lowest BCUT2D eigenvalue weighted by molar-refractivity contribution is 0.602. The van der Waals surface area contributed by atoms with E-state index in [4.69, 9.17) is 0 Å². The van der Waals surface area contributed by atoms with Gasteiger partial charge in [-0.3, -0.25) is 4.79 Å². The van der Waals surface area contributed by atoms with Crippen LogP contribution in [0.3, 0.4) is 0 Å². The first-order valence-corrected chi connectivity index (χ1v) is 12.8. The highest BCUT2D eigenvalue weighted by molar-refractivity contribution is 7.98. The molecule has 0 saturated carbocycles. The zero-order valence-corrected chi connectivity index (χ0v) is 18.3. The first-order valence-electron chi connectivity index (χ1n) is 8.89. The minimum atomic E-state index is -3.28. The van der Waals surface area contributed by atoms with Crippen LogP contribution in [0.2, 0.25) is 0 Å². The molecule has 0 saturated heterocycles. The van der Waals surface area contributed by atoms with Crippen molar-refractivity contribution in [1.82, 2.24) is 0 Å². The lowest BCUT2D eigenvalue weighted by atomic mass is 10.0. The molecule has 0 unspecified atom stereocenters. The predicted octanol–water partition coefficient (Wildman–Crippen LogP) is 5.72. The Bertz CT molecular complexity index is 1350. The Labute approximate surface area is 178 Å². The summed E-state index contributed by atoms with van der Waals surface area (Å²) in [6, 6.07) is 22.3. The normalized spacial score (nSPS) is 11.7. The van der Waals surface area contributed by atoms with Gasteiger partial charge in [0.25, 0.3) is 0 Å². The third kappa shape index (κ3) is 3.88. The first kappa shape index (κ1) is 19.9. The number of hydrogen-bond acceptors (Lipinski definition) is 5. The molecule has 29 heavy (non-hydrogen) atoms. The molecule has 1 heterocycles. The fourth-order valence-electron chi connectivity index (χ4n) is 3.22. The van der Waals surface area contributed by atoms with Crippen LogP contribution in [-0.4, -0.2) is 20.9 Å². The number of sulfone groups is 1. The molecule has 1 aromatic heterocycles. The molecule has 0 aliphatic carbocycles. The van der Waals surface area contributed by atoms with Gasteiger partial charge in [0, 0.05) is 31.7 Å². The molecule has 0 amide bonds. The molecule has 0 bridgehead atoms. The van der Waals surface area contributed by atoms with Crippen molar-refractivity contribution in [2.45, 2.75) is 9.79 Å². The summed E-state index contributed by atoms with van der Waals surface area (Å²) in [7, 11) is -3.28. The van der Waals surface area contributed by atoms with E-state index in [2.05, 4.69) is 0 Å². The Hall–Kier alpha value is -2.41. The van der Waals surface area contributed by atoms with Crippen LogP contribution >= 0.6 is 23.1 Å². The molecule has 0 atom stereocenters.